The molecule has 2 heterocycles. The van der Waals surface area contributed by atoms with Crippen molar-refractivity contribution in [1.82, 2.24) is 9.47 Å². The van der Waals surface area contributed by atoms with Gasteiger partial charge in [-0.15, -0.1) is 0 Å². The van der Waals surface area contributed by atoms with Crippen molar-refractivity contribution in [3.05, 3.63) is 102 Å². The summed E-state index contributed by atoms with van der Waals surface area (Å²) in [5.41, 5.74) is 5.30. The molecule has 1 amide bonds. The molecule has 8 nitrogen and oxygen atoms in total. The van der Waals surface area contributed by atoms with Gasteiger partial charge in [-0.05, 0) is 74.0 Å². The third-order valence-electron chi connectivity index (χ3n) is 7.93. The second-order valence-electron chi connectivity index (χ2n) is 11.9. The molecular formula is C36H40FN3O5. The number of carboxylic acid groups (broad SMARTS) is 1. The lowest BCUT2D eigenvalue weighted by molar-refractivity contribution is -0.293. The van der Waals surface area contributed by atoms with E-state index >= 15 is 0 Å². The van der Waals surface area contributed by atoms with Crippen molar-refractivity contribution in [2.75, 3.05) is 19.4 Å². The van der Waals surface area contributed by atoms with Crippen LogP contribution in [-0.2, 0) is 20.8 Å². The van der Waals surface area contributed by atoms with Crippen molar-refractivity contribution >= 4 is 17.6 Å². The Kier molecular flexibility index (Phi) is 10.1. The average molecular weight is 614 g/mol. The second-order valence-corrected chi connectivity index (χ2v) is 11.9. The van der Waals surface area contributed by atoms with Gasteiger partial charge in [-0.1, -0.05) is 62.4 Å². The molecule has 0 radical (unpaired) electrons. The van der Waals surface area contributed by atoms with E-state index in [1.54, 1.807) is 17.0 Å². The van der Waals surface area contributed by atoms with Crippen molar-refractivity contribution in [3.63, 3.8) is 0 Å². The number of carbonyl (C=O) groups excluding carboxylic acids is 1. The molecule has 9 heteroatoms. The number of amides is 1. The molecule has 3 atom stereocenters. The first-order valence-corrected chi connectivity index (χ1v) is 15.3. The van der Waals surface area contributed by atoms with Crippen molar-refractivity contribution in [2.24, 2.45) is 0 Å². The Morgan fingerprint density at radius 1 is 0.933 bits per heavy atom. The number of hydrogen-bond donors (Lipinski definition) is 2. The number of benzene rings is 3. The number of halogens is 1. The molecule has 5 rings (SSSR count). The highest BCUT2D eigenvalue weighted by molar-refractivity contribution is 6.12. The first kappa shape index (κ1) is 32.1. The van der Waals surface area contributed by atoms with Crippen LogP contribution in [-0.4, -0.2) is 59.2 Å². The Hall–Kier alpha value is -4.31. The number of para-hydroxylation sites is 1. The summed E-state index contributed by atoms with van der Waals surface area (Å²) in [7, 11) is 3.65. The Labute approximate surface area is 263 Å². The zero-order valence-corrected chi connectivity index (χ0v) is 26.1. The van der Waals surface area contributed by atoms with Crippen LogP contribution < -0.4 is 5.32 Å². The molecule has 0 bridgehead atoms. The van der Waals surface area contributed by atoms with Gasteiger partial charge in [0.2, 0.25) is 6.41 Å². The molecule has 0 spiro atoms. The highest BCUT2D eigenvalue weighted by Crippen LogP contribution is 2.43. The SMILES string of the molecule is CC(C)c1c(C(=O)Nc2ccccc2)c(-c2ccccc2)c(-c2ccc(F)cc2)n1CC[C@@H]1C[C@H](CC(=O)O)OC(N(C)C)O1. The second kappa shape index (κ2) is 14.2. The van der Waals surface area contributed by atoms with Gasteiger partial charge in [0.15, 0.2) is 0 Å². The van der Waals surface area contributed by atoms with E-state index < -0.39 is 18.5 Å². The number of nitrogens with zero attached hydrogens (tertiary/aromatic N) is 2. The fraction of sp³-hybridized carbons (Fsp3) is 0.333. The molecule has 3 aromatic carbocycles. The Bertz CT molecular complexity index is 1600. The third-order valence-corrected chi connectivity index (χ3v) is 7.93. The lowest BCUT2D eigenvalue weighted by Crippen LogP contribution is -2.46. The monoisotopic (exact) mass is 613 g/mol. The zero-order chi connectivity index (χ0) is 32.1. The number of carboxylic acids is 1. The van der Waals surface area contributed by atoms with Crippen molar-refractivity contribution in [2.45, 2.75) is 64.2 Å². The van der Waals surface area contributed by atoms with Gasteiger partial charge in [-0.25, -0.2) is 4.39 Å². The number of anilines is 1. The summed E-state index contributed by atoms with van der Waals surface area (Å²) in [6.45, 7) is 4.60. The summed E-state index contributed by atoms with van der Waals surface area (Å²) in [4.78, 5) is 27.6. The highest BCUT2D eigenvalue weighted by atomic mass is 19.1. The maximum Gasteiger partial charge on any atom is 0.305 e. The minimum Gasteiger partial charge on any atom is -0.481 e. The van der Waals surface area contributed by atoms with Gasteiger partial charge in [-0.3, -0.25) is 14.5 Å². The van der Waals surface area contributed by atoms with Crippen LogP contribution in [0.15, 0.2) is 84.9 Å². The molecule has 2 N–H and O–H groups in total. The predicted octanol–water partition coefficient (Wildman–Crippen LogP) is 7.22. The first-order valence-electron chi connectivity index (χ1n) is 15.3. The lowest BCUT2D eigenvalue weighted by Gasteiger charge is -2.38. The van der Waals surface area contributed by atoms with Crippen LogP contribution in [0.4, 0.5) is 10.1 Å². The molecule has 1 aliphatic rings. The summed E-state index contributed by atoms with van der Waals surface area (Å²) in [5, 5.41) is 12.6. The molecule has 1 fully saturated rings. The molecule has 236 valence electrons. The van der Waals surface area contributed by atoms with E-state index in [4.69, 9.17) is 9.47 Å². The van der Waals surface area contributed by atoms with E-state index in [-0.39, 0.29) is 30.2 Å². The average Bonchev–Trinajstić information content (AvgIpc) is 3.36. The first-order chi connectivity index (χ1) is 21.6. The van der Waals surface area contributed by atoms with Gasteiger partial charge in [-0.2, -0.15) is 0 Å². The van der Waals surface area contributed by atoms with Crippen LogP contribution in [0, 0.1) is 5.82 Å². The topological polar surface area (TPSA) is 93.0 Å². The largest absolute Gasteiger partial charge is 0.481 e. The fourth-order valence-corrected chi connectivity index (χ4v) is 6.00. The summed E-state index contributed by atoms with van der Waals surface area (Å²) in [6, 6.07) is 25.5. The zero-order valence-electron chi connectivity index (χ0n) is 26.1. The van der Waals surface area contributed by atoms with Gasteiger partial charge in [0.1, 0.15) is 5.82 Å². The van der Waals surface area contributed by atoms with E-state index in [1.807, 2.05) is 74.8 Å². The fourth-order valence-electron chi connectivity index (χ4n) is 6.00. The molecule has 1 aliphatic heterocycles. The standard InChI is InChI=1S/C36H40FN3O5/c1-23(2)33-32(35(43)38-27-13-9-6-10-14-27)31(24-11-7-5-8-12-24)34(25-15-17-26(37)18-16-25)40(33)20-19-28-21-29(22-30(41)42)45-36(44-28)39(3)4/h5-18,23,28-29,36H,19-22H2,1-4H3,(H,38,43)(H,41,42)/t28-,29-,36?/m1/s1. The quantitative estimate of drug-likeness (QED) is 0.186. The van der Waals surface area contributed by atoms with Crippen LogP contribution in [0.5, 0.6) is 0 Å². The third kappa shape index (κ3) is 7.50. The van der Waals surface area contributed by atoms with Crippen LogP contribution in [0.1, 0.15) is 55.1 Å². The highest BCUT2D eigenvalue weighted by Gasteiger charge is 2.34. The van der Waals surface area contributed by atoms with Crippen molar-refractivity contribution in [1.29, 1.82) is 0 Å². The van der Waals surface area contributed by atoms with E-state index in [0.29, 0.717) is 30.6 Å². The van der Waals surface area contributed by atoms with Gasteiger partial charge in [0, 0.05) is 29.9 Å². The van der Waals surface area contributed by atoms with E-state index in [1.165, 1.54) is 12.1 Å². The number of hydrogen-bond acceptors (Lipinski definition) is 5. The minimum atomic E-state index is -0.925. The number of aliphatic carboxylic acids is 1. The van der Waals surface area contributed by atoms with Gasteiger partial charge < -0.3 is 24.5 Å². The van der Waals surface area contributed by atoms with E-state index in [2.05, 4.69) is 23.7 Å². The van der Waals surface area contributed by atoms with Crippen LogP contribution in [0.3, 0.4) is 0 Å². The Morgan fingerprint density at radius 2 is 1.56 bits per heavy atom. The molecular weight excluding hydrogens is 573 g/mol. The molecule has 0 aliphatic carbocycles. The smallest absolute Gasteiger partial charge is 0.305 e. The molecule has 1 aromatic heterocycles. The van der Waals surface area contributed by atoms with Gasteiger partial charge in [0.05, 0.1) is 29.9 Å². The molecule has 4 aromatic rings. The van der Waals surface area contributed by atoms with Gasteiger partial charge in [0.25, 0.3) is 5.91 Å². The molecule has 0 saturated carbocycles. The number of nitrogens with one attached hydrogen (secondary N) is 1. The summed E-state index contributed by atoms with van der Waals surface area (Å²) in [5.74, 6) is -1.56. The number of aromatic nitrogens is 1. The molecule has 45 heavy (non-hydrogen) atoms. The summed E-state index contributed by atoms with van der Waals surface area (Å²) < 4.78 is 28.5. The normalized spacial score (nSPS) is 18.3. The number of rotatable bonds is 11. The van der Waals surface area contributed by atoms with Crippen molar-refractivity contribution in [3.8, 4) is 22.4 Å². The lowest BCUT2D eigenvalue weighted by atomic mass is 9.94. The van der Waals surface area contributed by atoms with E-state index in [0.717, 1.165) is 28.1 Å². The maximum atomic E-state index is 14.3. The van der Waals surface area contributed by atoms with Gasteiger partial charge >= 0.3 is 5.97 Å². The Balaban J connectivity index is 1.65. The van der Waals surface area contributed by atoms with Crippen LogP contribution in [0.2, 0.25) is 0 Å². The van der Waals surface area contributed by atoms with Crippen LogP contribution >= 0.6 is 0 Å². The van der Waals surface area contributed by atoms with E-state index in [9.17, 15) is 19.1 Å². The number of ether oxygens (including phenoxy) is 2. The summed E-state index contributed by atoms with van der Waals surface area (Å²) >= 11 is 0. The van der Waals surface area contributed by atoms with Crippen LogP contribution in [0.25, 0.3) is 22.4 Å². The summed E-state index contributed by atoms with van der Waals surface area (Å²) in [6.07, 6.45) is -0.611. The predicted molar refractivity (Wildman–Crippen MR) is 172 cm³/mol. The molecule has 1 saturated heterocycles. The van der Waals surface area contributed by atoms with Crippen molar-refractivity contribution < 1.29 is 28.6 Å². The minimum absolute atomic E-state index is 0.0527. The Morgan fingerprint density at radius 3 is 2.16 bits per heavy atom. The molecule has 1 unspecified atom stereocenters. The maximum absolute atomic E-state index is 14.3. The number of carbonyl (C=O) groups is 2.